The maximum absolute atomic E-state index is 13.9. The van der Waals surface area contributed by atoms with E-state index in [1.54, 1.807) is 74.8 Å². The van der Waals surface area contributed by atoms with Gasteiger partial charge in [-0.3, -0.25) is 9.59 Å². The largest absolute Gasteiger partial charge is 0.497 e. The number of nitrogens with one attached hydrogen (secondary N) is 1. The van der Waals surface area contributed by atoms with Crippen LogP contribution in [0, 0.1) is 5.92 Å². The molecule has 1 saturated heterocycles. The molecule has 9 nitrogen and oxygen atoms in total. The van der Waals surface area contributed by atoms with Gasteiger partial charge >= 0.3 is 0 Å². The number of nitrogens with zero attached hydrogens (tertiary/aromatic N) is 1. The average molecular weight is 555 g/mol. The number of halogens is 1. The van der Waals surface area contributed by atoms with Gasteiger partial charge in [0, 0.05) is 18.2 Å². The lowest BCUT2D eigenvalue weighted by atomic mass is 9.83. The van der Waals surface area contributed by atoms with Crippen molar-refractivity contribution in [2.24, 2.45) is 5.92 Å². The van der Waals surface area contributed by atoms with Crippen LogP contribution in [0.3, 0.4) is 0 Å². The van der Waals surface area contributed by atoms with Crippen molar-refractivity contribution in [2.75, 3.05) is 45.8 Å². The Hall–Kier alpha value is -4.11. The van der Waals surface area contributed by atoms with E-state index in [0.717, 1.165) is 5.56 Å². The van der Waals surface area contributed by atoms with E-state index in [1.807, 2.05) is 6.07 Å². The van der Waals surface area contributed by atoms with Gasteiger partial charge < -0.3 is 33.9 Å². The molecule has 1 N–H and O–H groups in total. The first-order valence-electron chi connectivity index (χ1n) is 12.3. The highest BCUT2D eigenvalue weighted by molar-refractivity contribution is 6.32. The summed E-state index contributed by atoms with van der Waals surface area (Å²) in [4.78, 5) is 29.0. The maximum Gasteiger partial charge on any atom is 0.230 e. The topological polar surface area (TPSA) is 95.6 Å². The Bertz CT molecular complexity index is 1350. The van der Waals surface area contributed by atoms with Gasteiger partial charge in [-0.25, -0.2) is 0 Å². The van der Waals surface area contributed by atoms with Gasteiger partial charge in [0.25, 0.3) is 0 Å². The quantitative estimate of drug-likeness (QED) is 0.373. The first-order chi connectivity index (χ1) is 18.8. The summed E-state index contributed by atoms with van der Waals surface area (Å²) < 4.78 is 27.0. The summed E-state index contributed by atoms with van der Waals surface area (Å²) in [6.07, 6.45) is 0.525. The molecule has 39 heavy (non-hydrogen) atoms. The molecule has 1 aliphatic rings. The van der Waals surface area contributed by atoms with Crippen molar-refractivity contribution in [1.82, 2.24) is 0 Å². The average Bonchev–Trinajstić information content (AvgIpc) is 2.96. The number of methoxy groups -OCH3 is 5. The fraction of sp³-hybridized carbons (Fsp3) is 0.310. The van der Waals surface area contributed by atoms with Crippen LogP contribution in [0.25, 0.3) is 0 Å². The molecule has 0 aromatic heterocycles. The van der Waals surface area contributed by atoms with Gasteiger partial charge in [-0.15, -0.1) is 0 Å². The Morgan fingerprint density at radius 1 is 0.821 bits per heavy atom. The molecule has 3 aromatic rings. The smallest absolute Gasteiger partial charge is 0.230 e. The highest BCUT2D eigenvalue weighted by Gasteiger charge is 2.42. The lowest BCUT2D eigenvalue weighted by molar-refractivity contribution is -0.126. The van der Waals surface area contributed by atoms with Crippen LogP contribution < -0.4 is 33.9 Å². The molecular weight excluding hydrogens is 524 g/mol. The number of hydrogen-bond acceptors (Lipinski definition) is 7. The van der Waals surface area contributed by atoms with E-state index in [4.69, 9.17) is 35.3 Å². The number of amides is 2. The van der Waals surface area contributed by atoms with E-state index >= 15 is 0 Å². The number of carbonyl (C=O) groups excluding carboxylic acids is 2. The minimum absolute atomic E-state index is 0.103. The molecule has 4 rings (SSSR count). The number of anilines is 2. The standard InChI is InChI=1S/C29H31ClN2O7/c1-35-19-9-7-18(8-10-19)32-27(33)13-11-20(28(32)17-6-12-23(36-2)26(14-17)39-5)29(34)31-22-15-21(30)24(37-3)16-25(22)38-4/h6-10,12,14-16,20,28H,11,13H2,1-5H3,(H,31,34)/t20-,28+/m0/s1. The van der Waals surface area contributed by atoms with Crippen molar-refractivity contribution in [1.29, 1.82) is 0 Å². The Kier molecular flexibility index (Phi) is 8.71. The fourth-order valence-electron chi connectivity index (χ4n) is 4.82. The molecule has 206 valence electrons. The van der Waals surface area contributed by atoms with Crippen molar-refractivity contribution in [2.45, 2.75) is 18.9 Å². The second-order valence-electron chi connectivity index (χ2n) is 8.84. The molecule has 1 fully saturated rings. The third kappa shape index (κ3) is 5.68. The third-order valence-corrected chi connectivity index (χ3v) is 7.06. The van der Waals surface area contributed by atoms with E-state index in [1.165, 1.54) is 14.2 Å². The molecule has 0 saturated carbocycles. The zero-order chi connectivity index (χ0) is 28.1. The predicted molar refractivity (Wildman–Crippen MR) is 149 cm³/mol. The number of hydrogen-bond donors (Lipinski definition) is 1. The van der Waals surface area contributed by atoms with Crippen molar-refractivity contribution in [3.63, 3.8) is 0 Å². The molecule has 2 atom stereocenters. The predicted octanol–water partition coefficient (Wildman–Crippen LogP) is 5.51. The van der Waals surface area contributed by atoms with E-state index in [9.17, 15) is 9.59 Å². The monoisotopic (exact) mass is 554 g/mol. The number of piperidine rings is 1. The lowest BCUT2D eigenvalue weighted by Gasteiger charge is -2.41. The van der Waals surface area contributed by atoms with Gasteiger partial charge in [-0.05, 0) is 54.4 Å². The van der Waals surface area contributed by atoms with Crippen LogP contribution in [-0.2, 0) is 9.59 Å². The molecule has 10 heteroatoms. The summed E-state index contributed by atoms with van der Waals surface area (Å²) in [5.41, 5.74) is 1.76. The molecule has 1 aliphatic heterocycles. The molecule has 0 aliphatic carbocycles. The van der Waals surface area contributed by atoms with Crippen LogP contribution in [0.2, 0.25) is 5.02 Å². The van der Waals surface area contributed by atoms with Crippen LogP contribution in [0.1, 0.15) is 24.4 Å². The Labute approximate surface area is 232 Å². The van der Waals surface area contributed by atoms with Crippen LogP contribution in [0.15, 0.2) is 54.6 Å². The van der Waals surface area contributed by atoms with Gasteiger partial charge in [0.15, 0.2) is 11.5 Å². The Morgan fingerprint density at radius 2 is 1.49 bits per heavy atom. The van der Waals surface area contributed by atoms with Crippen LogP contribution in [0.4, 0.5) is 11.4 Å². The molecule has 0 spiro atoms. The van der Waals surface area contributed by atoms with Gasteiger partial charge in [0.1, 0.15) is 17.2 Å². The lowest BCUT2D eigenvalue weighted by Crippen LogP contribution is -2.47. The highest BCUT2D eigenvalue weighted by Crippen LogP contribution is 2.44. The SMILES string of the molecule is COc1ccc(N2C(=O)CC[C@H](C(=O)Nc3cc(Cl)c(OC)cc3OC)[C@H]2c2ccc(OC)c(OC)c2)cc1. The highest BCUT2D eigenvalue weighted by atomic mass is 35.5. The summed E-state index contributed by atoms with van der Waals surface area (Å²) >= 11 is 6.34. The van der Waals surface area contributed by atoms with Gasteiger partial charge in [0.2, 0.25) is 11.8 Å². The molecular formula is C29H31ClN2O7. The normalized spacial score (nSPS) is 16.9. The number of benzene rings is 3. The van der Waals surface area contributed by atoms with E-state index in [2.05, 4.69) is 5.32 Å². The summed E-state index contributed by atoms with van der Waals surface area (Å²) in [5, 5.41) is 3.28. The molecule has 0 radical (unpaired) electrons. The van der Waals surface area contributed by atoms with Crippen molar-refractivity contribution in [3.05, 3.63) is 65.2 Å². The second kappa shape index (κ2) is 12.2. The summed E-state index contributed by atoms with van der Waals surface area (Å²) in [6, 6.07) is 15.1. The zero-order valence-corrected chi connectivity index (χ0v) is 23.2. The third-order valence-electron chi connectivity index (χ3n) is 6.77. The minimum Gasteiger partial charge on any atom is -0.497 e. The van der Waals surface area contributed by atoms with Crippen molar-refractivity contribution < 1.29 is 33.3 Å². The van der Waals surface area contributed by atoms with E-state index in [-0.39, 0.29) is 18.2 Å². The summed E-state index contributed by atoms with van der Waals surface area (Å²) in [6.45, 7) is 0. The van der Waals surface area contributed by atoms with Crippen LogP contribution >= 0.6 is 11.6 Å². The molecule has 3 aromatic carbocycles. The van der Waals surface area contributed by atoms with Crippen LogP contribution in [-0.4, -0.2) is 47.4 Å². The maximum atomic E-state index is 13.9. The van der Waals surface area contributed by atoms with Crippen molar-refractivity contribution in [3.8, 4) is 28.7 Å². The first-order valence-corrected chi connectivity index (χ1v) is 12.6. The first kappa shape index (κ1) is 27.9. The molecule has 0 bridgehead atoms. The second-order valence-corrected chi connectivity index (χ2v) is 9.25. The Balaban J connectivity index is 1.79. The zero-order valence-electron chi connectivity index (χ0n) is 22.4. The number of ether oxygens (including phenoxy) is 5. The van der Waals surface area contributed by atoms with Crippen molar-refractivity contribution >= 4 is 34.8 Å². The minimum atomic E-state index is -0.640. The van der Waals surface area contributed by atoms with Gasteiger partial charge in [0.05, 0.1) is 58.2 Å². The van der Waals surface area contributed by atoms with Gasteiger partial charge in [-0.2, -0.15) is 0 Å². The number of carbonyl (C=O) groups is 2. The molecule has 1 heterocycles. The van der Waals surface area contributed by atoms with E-state index < -0.39 is 12.0 Å². The summed E-state index contributed by atoms with van der Waals surface area (Å²) in [7, 11) is 7.66. The van der Waals surface area contributed by atoms with E-state index in [0.29, 0.717) is 51.6 Å². The fourth-order valence-corrected chi connectivity index (χ4v) is 5.06. The molecule has 2 amide bonds. The van der Waals surface area contributed by atoms with Crippen LogP contribution in [0.5, 0.6) is 28.7 Å². The Morgan fingerprint density at radius 3 is 2.10 bits per heavy atom. The summed E-state index contributed by atoms with van der Waals surface area (Å²) in [5.74, 6) is 1.49. The molecule has 0 unspecified atom stereocenters. The number of rotatable bonds is 9. The van der Waals surface area contributed by atoms with Gasteiger partial charge in [-0.1, -0.05) is 17.7 Å².